The molecule has 7 nitrogen and oxygen atoms in total. The number of thiazole rings is 1. The van der Waals surface area contributed by atoms with Gasteiger partial charge in [0.2, 0.25) is 0 Å². The van der Waals surface area contributed by atoms with E-state index >= 15 is 0 Å². The Balaban J connectivity index is 1.67. The molecular weight excluding hydrogens is 385 g/mol. The summed E-state index contributed by atoms with van der Waals surface area (Å²) in [5.41, 5.74) is 6.40. The van der Waals surface area contributed by atoms with Crippen LogP contribution < -0.4 is 15.4 Å². The Morgan fingerprint density at radius 2 is 1.96 bits per heavy atom. The standard InChI is InChI=1S/C16H15F3N4O3S/c1-9-12(13(20)24)27-14(21-9)23-7-6-22(15(23)25)8-10-2-4-11(5-3-10)26-16(17,18)19/h2-5H,6-8H2,1H3,(H2,20,24). The molecule has 11 heteroatoms. The van der Waals surface area contributed by atoms with Crippen LogP contribution in [0.5, 0.6) is 5.75 Å². The summed E-state index contributed by atoms with van der Waals surface area (Å²) in [5.74, 6) is -0.918. The topological polar surface area (TPSA) is 88.8 Å². The number of amides is 3. The third kappa shape index (κ3) is 4.30. The Kier molecular flexibility index (Phi) is 4.96. The lowest BCUT2D eigenvalue weighted by molar-refractivity contribution is -0.274. The maximum Gasteiger partial charge on any atom is 0.573 e. The second-order valence-electron chi connectivity index (χ2n) is 5.82. The number of aryl methyl sites for hydroxylation is 1. The van der Waals surface area contributed by atoms with Gasteiger partial charge in [-0.05, 0) is 24.6 Å². The molecule has 1 aliphatic rings. The fraction of sp³-hybridized carbons (Fsp3) is 0.312. The fourth-order valence-electron chi connectivity index (χ4n) is 2.65. The first-order chi connectivity index (χ1) is 12.6. The second-order valence-corrected chi connectivity index (χ2v) is 6.80. The number of halogens is 3. The van der Waals surface area contributed by atoms with Crippen LogP contribution in [0.25, 0.3) is 0 Å². The van der Waals surface area contributed by atoms with Crippen LogP contribution in [0.2, 0.25) is 0 Å². The highest BCUT2D eigenvalue weighted by atomic mass is 32.1. The molecule has 1 fully saturated rings. The van der Waals surface area contributed by atoms with E-state index < -0.39 is 12.3 Å². The summed E-state index contributed by atoms with van der Waals surface area (Å²) in [6, 6.07) is 5.04. The number of ether oxygens (including phenoxy) is 1. The van der Waals surface area contributed by atoms with Gasteiger partial charge in [0, 0.05) is 19.6 Å². The van der Waals surface area contributed by atoms with Crippen LogP contribution in [-0.2, 0) is 6.54 Å². The van der Waals surface area contributed by atoms with Gasteiger partial charge in [0.1, 0.15) is 10.6 Å². The number of benzene rings is 1. The SMILES string of the molecule is Cc1nc(N2CCN(Cc3ccc(OC(F)(F)F)cc3)C2=O)sc1C(N)=O. The van der Waals surface area contributed by atoms with Crippen molar-refractivity contribution in [3.8, 4) is 5.75 Å². The van der Waals surface area contributed by atoms with Crippen LogP contribution >= 0.6 is 11.3 Å². The molecule has 1 aromatic carbocycles. The van der Waals surface area contributed by atoms with Crippen LogP contribution in [0.15, 0.2) is 24.3 Å². The number of nitrogens with zero attached hydrogens (tertiary/aromatic N) is 3. The fourth-order valence-corrected chi connectivity index (χ4v) is 3.59. The highest BCUT2D eigenvalue weighted by molar-refractivity contribution is 7.17. The zero-order valence-corrected chi connectivity index (χ0v) is 14.9. The summed E-state index contributed by atoms with van der Waals surface area (Å²) in [7, 11) is 0. The monoisotopic (exact) mass is 400 g/mol. The van der Waals surface area contributed by atoms with E-state index in [0.29, 0.717) is 34.4 Å². The van der Waals surface area contributed by atoms with Gasteiger partial charge in [0.05, 0.1) is 5.69 Å². The molecule has 0 spiro atoms. The number of hydrogen-bond donors (Lipinski definition) is 1. The molecule has 0 unspecified atom stereocenters. The lowest BCUT2D eigenvalue weighted by Crippen LogP contribution is -2.31. The summed E-state index contributed by atoms with van der Waals surface area (Å²) in [5, 5.41) is 0.391. The highest BCUT2D eigenvalue weighted by Gasteiger charge is 2.33. The van der Waals surface area contributed by atoms with E-state index in [2.05, 4.69) is 9.72 Å². The number of anilines is 1. The number of carbonyl (C=O) groups excluding carboxylic acids is 2. The lowest BCUT2D eigenvalue weighted by Gasteiger charge is -2.17. The van der Waals surface area contributed by atoms with Crippen molar-refractivity contribution in [1.29, 1.82) is 0 Å². The van der Waals surface area contributed by atoms with Gasteiger partial charge >= 0.3 is 12.4 Å². The molecule has 0 bridgehead atoms. The number of nitrogens with two attached hydrogens (primary N) is 1. The Labute approximate surface area is 156 Å². The average Bonchev–Trinajstić information content (AvgIpc) is 3.11. The van der Waals surface area contributed by atoms with Gasteiger partial charge in [-0.15, -0.1) is 13.2 Å². The smallest absolute Gasteiger partial charge is 0.406 e. The second kappa shape index (κ2) is 7.06. The maximum atomic E-state index is 12.6. The van der Waals surface area contributed by atoms with Gasteiger partial charge in [-0.3, -0.25) is 9.69 Å². The van der Waals surface area contributed by atoms with Crippen LogP contribution in [0, 0.1) is 6.92 Å². The van der Waals surface area contributed by atoms with Crippen molar-refractivity contribution >= 4 is 28.4 Å². The van der Waals surface area contributed by atoms with Gasteiger partial charge in [-0.1, -0.05) is 23.5 Å². The molecule has 144 valence electrons. The summed E-state index contributed by atoms with van der Waals surface area (Å²) < 4.78 is 40.4. The molecule has 1 aliphatic heterocycles. The summed E-state index contributed by atoms with van der Waals surface area (Å²) >= 11 is 1.05. The molecule has 27 heavy (non-hydrogen) atoms. The number of carbonyl (C=O) groups is 2. The molecule has 2 aromatic rings. The zero-order valence-electron chi connectivity index (χ0n) is 14.1. The molecule has 2 heterocycles. The molecule has 1 saturated heterocycles. The first-order valence-corrected chi connectivity index (χ1v) is 8.64. The van der Waals surface area contributed by atoms with E-state index in [4.69, 9.17) is 5.73 Å². The van der Waals surface area contributed by atoms with Crippen molar-refractivity contribution in [3.63, 3.8) is 0 Å². The van der Waals surface area contributed by atoms with Crippen LogP contribution in [-0.4, -0.2) is 41.3 Å². The number of aromatic nitrogens is 1. The Morgan fingerprint density at radius 3 is 2.52 bits per heavy atom. The predicted molar refractivity (Wildman–Crippen MR) is 91.6 cm³/mol. The first kappa shape index (κ1) is 19.0. The minimum absolute atomic E-state index is 0.231. The van der Waals surface area contributed by atoms with Crippen molar-refractivity contribution in [2.45, 2.75) is 19.8 Å². The average molecular weight is 400 g/mol. The quantitative estimate of drug-likeness (QED) is 0.836. The maximum absolute atomic E-state index is 12.6. The molecule has 0 aliphatic carbocycles. The summed E-state index contributed by atoms with van der Waals surface area (Å²) in [6.45, 7) is 2.68. The largest absolute Gasteiger partial charge is 0.573 e. The molecule has 3 rings (SSSR count). The Hall–Kier alpha value is -2.82. The van der Waals surface area contributed by atoms with Crippen molar-refractivity contribution in [2.75, 3.05) is 18.0 Å². The van der Waals surface area contributed by atoms with Crippen LogP contribution in [0.1, 0.15) is 20.9 Å². The summed E-state index contributed by atoms with van der Waals surface area (Å²) in [6.07, 6.45) is -4.75. The molecule has 2 N–H and O–H groups in total. The predicted octanol–water partition coefficient (Wildman–Crippen LogP) is 2.89. The van der Waals surface area contributed by atoms with Gasteiger partial charge < -0.3 is 15.4 Å². The van der Waals surface area contributed by atoms with E-state index in [1.165, 1.54) is 29.2 Å². The molecule has 3 amide bonds. The summed E-state index contributed by atoms with van der Waals surface area (Å²) in [4.78, 5) is 31.5. The molecular formula is C16H15F3N4O3S. The molecule has 1 aromatic heterocycles. The van der Waals surface area contributed by atoms with E-state index in [1.807, 2.05) is 0 Å². The van der Waals surface area contributed by atoms with Gasteiger partial charge in [0.25, 0.3) is 5.91 Å². The van der Waals surface area contributed by atoms with Crippen molar-refractivity contribution in [1.82, 2.24) is 9.88 Å². The highest BCUT2D eigenvalue weighted by Crippen LogP contribution is 2.29. The van der Waals surface area contributed by atoms with Crippen molar-refractivity contribution in [3.05, 3.63) is 40.4 Å². The Morgan fingerprint density at radius 1 is 1.30 bits per heavy atom. The molecule has 0 atom stereocenters. The molecule has 0 saturated carbocycles. The van der Waals surface area contributed by atoms with E-state index in [0.717, 1.165) is 11.3 Å². The minimum atomic E-state index is -4.75. The third-order valence-corrected chi connectivity index (χ3v) is 5.06. The van der Waals surface area contributed by atoms with Crippen LogP contribution in [0.4, 0.5) is 23.1 Å². The van der Waals surface area contributed by atoms with Gasteiger partial charge in [-0.25, -0.2) is 9.78 Å². The number of hydrogen-bond acceptors (Lipinski definition) is 5. The minimum Gasteiger partial charge on any atom is -0.406 e. The van der Waals surface area contributed by atoms with Crippen molar-refractivity contribution < 1.29 is 27.5 Å². The van der Waals surface area contributed by atoms with E-state index in [-0.39, 0.29) is 18.3 Å². The van der Waals surface area contributed by atoms with Gasteiger partial charge in [-0.2, -0.15) is 0 Å². The van der Waals surface area contributed by atoms with Crippen LogP contribution in [0.3, 0.4) is 0 Å². The molecule has 0 radical (unpaired) electrons. The Bertz CT molecular complexity index is 867. The van der Waals surface area contributed by atoms with E-state index in [1.54, 1.807) is 11.8 Å². The first-order valence-electron chi connectivity index (χ1n) is 7.82. The normalized spacial score (nSPS) is 14.7. The number of primary amides is 1. The van der Waals surface area contributed by atoms with Crippen molar-refractivity contribution in [2.24, 2.45) is 5.73 Å². The zero-order chi connectivity index (χ0) is 19.8. The lowest BCUT2D eigenvalue weighted by atomic mass is 10.2. The van der Waals surface area contributed by atoms with E-state index in [9.17, 15) is 22.8 Å². The number of urea groups is 1. The number of alkyl halides is 3. The number of rotatable bonds is 5. The third-order valence-electron chi connectivity index (χ3n) is 3.87. The van der Waals surface area contributed by atoms with Gasteiger partial charge in [0.15, 0.2) is 5.13 Å².